The van der Waals surface area contributed by atoms with Crippen LogP contribution >= 0.6 is 0 Å². The molecular weight excluding hydrogens is 261 g/mol. The highest BCUT2D eigenvalue weighted by molar-refractivity contribution is 5.22. The maximum Gasteiger partial charge on any atom is 0.123 e. The maximum atomic E-state index is 12.7. The largest absolute Gasteiger partial charge is 0.491 e. The summed E-state index contributed by atoms with van der Waals surface area (Å²) >= 11 is 0. The SMILES string of the molecule is OC(CNCC1(O)CCCC1)COc1ccc(F)cc1. The molecule has 2 rings (SSSR count). The molecule has 1 aliphatic carbocycles. The number of benzene rings is 1. The van der Waals surface area contributed by atoms with Gasteiger partial charge in [0.15, 0.2) is 0 Å². The van der Waals surface area contributed by atoms with Gasteiger partial charge in [-0.1, -0.05) is 12.8 Å². The van der Waals surface area contributed by atoms with E-state index in [0.29, 0.717) is 18.8 Å². The number of nitrogens with one attached hydrogen (secondary N) is 1. The van der Waals surface area contributed by atoms with Gasteiger partial charge in [-0.3, -0.25) is 0 Å². The van der Waals surface area contributed by atoms with Crippen molar-refractivity contribution in [3.05, 3.63) is 30.1 Å². The molecule has 0 spiro atoms. The first kappa shape index (κ1) is 15.2. The topological polar surface area (TPSA) is 61.7 Å². The lowest BCUT2D eigenvalue weighted by Gasteiger charge is -2.23. The molecule has 0 amide bonds. The molecule has 0 aliphatic heterocycles. The van der Waals surface area contributed by atoms with E-state index in [-0.39, 0.29) is 12.4 Å². The summed E-state index contributed by atoms with van der Waals surface area (Å²) in [5.74, 6) is 0.212. The van der Waals surface area contributed by atoms with E-state index in [9.17, 15) is 14.6 Å². The van der Waals surface area contributed by atoms with Crippen LogP contribution in [0.3, 0.4) is 0 Å². The van der Waals surface area contributed by atoms with E-state index in [1.165, 1.54) is 24.3 Å². The lowest BCUT2D eigenvalue weighted by atomic mass is 10.0. The smallest absolute Gasteiger partial charge is 0.123 e. The van der Waals surface area contributed by atoms with Crippen molar-refractivity contribution in [1.29, 1.82) is 0 Å². The number of aliphatic hydroxyl groups excluding tert-OH is 1. The Balaban J connectivity index is 1.62. The lowest BCUT2D eigenvalue weighted by molar-refractivity contribution is 0.0406. The van der Waals surface area contributed by atoms with Crippen LogP contribution in [0.25, 0.3) is 0 Å². The summed E-state index contributed by atoms with van der Waals surface area (Å²) in [6.07, 6.45) is 3.11. The molecule has 5 heteroatoms. The zero-order valence-electron chi connectivity index (χ0n) is 11.5. The number of aliphatic hydroxyl groups is 2. The van der Waals surface area contributed by atoms with Gasteiger partial charge in [0, 0.05) is 13.1 Å². The van der Waals surface area contributed by atoms with Gasteiger partial charge in [-0.25, -0.2) is 4.39 Å². The highest BCUT2D eigenvalue weighted by atomic mass is 19.1. The summed E-state index contributed by atoms with van der Waals surface area (Å²) in [4.78, 5) is 0. The summed E-state index contributed by atoms with van der Waals surface area (Å²) in [6, 6.07) is 5.68. The van der Waals surface area contributed by atoms with E-state index in [1.54, 1.807) is 0 Å². The molecule has 0 saturated heterocycles. The zero-order chi connectivity index (χ0) is 14.4. The number of halogens is 1. The minimum atomic E-state index is -0.662. The van der Waals surface area contributed by atoms with Crippen LogP contribution in [-0.4, -0.2) is 41.6 Å². The molecule has 0 heterocycles. The van der Waals surface area contributed by atoms with E-state index in [2.05, 4.69) is 5.32 Å². The first-order valence-electron chi connectivity index (χ1n) is 7.07. The van der Waals surface area contributed by atoms with Gasteiger partial charge >= 0.3 is 0 Å². The molecule has 0 bridgehead atoms. The van der Waals surface area contributed by atoms with Gasteiger partial charge in [0.2, 0.25) is 0 Å². The minimum Gasteiger partial charge on any atom is -0.491 e. The van der Waals surface area contributed by atoms with E-state index in [1.807, 2.05) is 0 Å². The third-order valence-electron chi connectivity index (χ3n) is 3.62. The standard InChI is InChI=1S/C15H22FNO3/c16-12-3-5-14(6-4-12)20-10-13(18)9-17-11-15(19)7-1-2-8-15/h3-6,13,17-19H,1-2,7-11H2. The Hall–Kier alpha value is -1.17. The Morgan fingerprint density at radius 1 is 1.25 bits per heavy atom. The van der Waals surface area contributed by atoms with Crippen molar-refractivity contribution in [3.63, 3.8) is 0 Å². The van der Waals surface area contributed by atoms with E-state index < -0.39 is 11.7 Å². The molecule has 3 N–H and O–H groups in total. The summed E-state index contributed by atoms with van der Waals surface area (Å²) in [6.45, 7) is 1.00. The van der Waals surface area contributed by atoms with Gasteiger partial charge in [-0.05, 0) is 37.1 Å². The quantitative estimate of drug-likeness (QED) is 0.709. The zero-order valence-corrected chi connectivity index (χ0v) is 11.5. The van der Waals surface area contributed by atoms with E-state index in [0.717, 1.165) is 25.7 Å². The molecule has 20 heavy (non-hydrogen) atoms. The number of hydrogen-bond acceptors (Lipinski definition) is 4. The molecule has 1 fully saturated rings. The van der Waals surface area contributed by atoms with Gasteiger partial charge in [-0.2, -0.15) is 0 Å². The van der Waals surface area contributed by atoms with Crippen LogP contribution in [0.4, 0.5) is 4.39 Å². The van der Waals surface area contributed by atoms with Crippen LogP contribution < -0.4 is 10.1 Å². The fourth-order valence-corrected chi connectivity index (χ4v) is 2.46. The molecule has 1 saturated carbocycles. The summed E-state index contributed by atoms with van der Waals surface area (Å²) < 4.78 is 18.0. The summed E-state index contributed by atoms with van der Waals surface area (Å²) in [7, 11) is 0. The predicted molar refractivity (Wildman–Crippen MR) is 74.2 cm³/mol. The molecule has 0 aromatic heterocycles. The van der Waals surface area contributed by atoms with Crippen molar-refractivity contribution in [2.45, 2.75) is 37.4 Å². The Bertz CT molecular complexity index is 404. The second kappa shape index (κ2) is 7.02. The van der Waals surface area contributed by atoms with Gasteiger partial charge in [0.05, 0.1) is 5.60 Å². The van der Waals surface area contributed by atoms with Crippen molar-refractivity contribution in [3.8, 4) is 5.75 Å². The van der Waals surface area contributed by atoms with Crippen LogP contribution in [0.1, 0.15) is 25.7 Å². The van der Waals surface area contributed by atoms with Crippen LogP contribution in [0, 0.1) is 5.82 Å². The van der Waals surface area contributed by atoms with Crippen LogP contribution in [0.5, 0.6) is 5.75 Å². The molecule has 1 aromatic rings. The van der Waals surface area contributed by atoms with Gasteiger partial charge in [0.25, 0.3) is 0 Å². The van der Waals surface area contributed by atoms with Crippen LogP contribution in [0.15, 0.2) is 24.3 Å². The molecule has 1 atom stereocenters. The Kier molecular flexibility index (Phi) is 5.34. The second-order valence-corrected chi connectivity index (χ2v) is 5.48. The van der Waals surface area contributed by atoms with Crippen molar-refractivity contribution in [2.75, 3.05) is 19.7 Å². The number of hydrogen-bond donors (Lipinski definition) is 3. The van der Waals surface area contributed by atoms with Gasteiger partial charge in [0.1, 0.15) is 24.3 Å². The normalized spacial score (nSPS) is 18.9. The van der Waals surface area contributed by atoms with Gasteiger partial charge < -0.3 is 20.3 Å². The lowest BCUT2D eigenvalue weighted by Crippen LogP contribution is -2.42. The van der Waals surface area contributed by atoms with E-state index in [4.69, 9.17) is 4.74 Å². The minimum absolute atomic E-state index is 0.136. The predicted octanol–water partition coefficient (Wildman–Crippen LogP) is 1.46. The van der Waals surface area contributed by atoms with Crippen molar-refractivity contribution in [1.82, 2.24) is 5.32 Å². The van der Waals surface area contributed by atoms with Crippen LogP contribution in [-0.2, 0) is 0 Å². The molecule has 1 unspecified atom stereocenters. The van der Waals surface area contributed by atoms with E-state index >= 15 is 0 Å². The molecule has 1 aliphatic rings. The second-order valence-electron chi connectivity index (χ2n) is 5.48. The number of rotatable bonds is 7. The highest BCUT2D eigenvalue weighted by Gasteiger charge is 2.30. The Morgan fingerprint density at radius 2 is 1.90 bits per heavy atom. The Morgan fingerprint density at radius 3 is 2.55 bits per heavy atom. The van der Waals surface area contributed by atoms with Crippen molar-refractivity contribution in [2.24, 2.45) is 0 Å². The molecule has 0 radical (unpaired) electrons. The summed E-state index contributed by atoms with van der Waals surface area (Å²) in [5, 5.41) is 23.0. The highest BCUT2D eigenvalue weighted by Crippen LogP contribution is 2.28. The summed E-state index contributed by atoms with van der Waals surface area (Å²) in [5.41, 5.74) is -0.614. The molecular formula is C15H22FNO3. The molecule has 1 aromatic carbocycles. The average molecular weight is 283 g/mol. The molecule has 4 nitrogen and oxygen atoms in total. The van der Waals surface area contributed by atoms with Crippen LogP contribution in [0.2, 0.25) is 0 Å². The first-order chi connectivity index (χ1) is 9.57. The maximum absolute atomic E-state index is 12.7. The molecule has 112 valence electrons. The fourth-order valence-electron chi connectivity index (χ4n) is 2.46. The third-order valence-corrected chi connectivity index (χ3v) is 3.62. The first-order valence-corrected chi connectivity index (χ1v) is 7.07. The monoisotopic (exact) mass is 283 g/mol. The van der Waals surface area contributed by atoms with Crippen molar-refractivity contribution >= 4 is 0 Å². The van der Waals surface area contributed by atoms with Gasteiger partial charge in [-0.15, -0.1) is 0 Å². The average Bonchev–Trinajstić information content (AvgIpc) is 2.85. The fraction of sp³-hybridized carbons (Fsp3) is 0.600. The van der Waals surface area contributed by atoms with Crippen molar-refractivity contribution < 1.29 is 19.3 Å². The number of ether oxygens (including phenoxy) is 1. The third kappa shape index (κ3) is 4.74. The Labute approximate surface area is 118 Å².